The second-order valence-corrected chi connectivity index (χ2v) is 7.32. The van der Waals surface area contributed by atoms with E-state index >= 15 is 0 Å². The predicted molar refractivity (Wildman–Crippen MR) is 109 cm³/mol. The molecule has 1 unspecified atom stereocenters. The largest absolute Gasteiger partial charge is 0.352 e. The Balaban J connectivity index is 1.82. The number of aromatic nitrogens is 1. The van der Waals surface area contributed by atoms with E-state index in [1.54, 1.807) is 11.0 Å². The standard InChI is InChI=1S/C22H27N3O3/c1-3-8-20(26)24-17-11-7-12-25(14-17)22(28)19-13-18(15(2)23-21(19)27)16-9-5-4-6-10-16/h4-6,9-10,13,17H,3,7-8,11-12,14H2,1-2H3,(H,23,27)(H,24,26). The van der Waals surface area contributed by atoms with Gasteiger partial charge >= 0.3 is 0 Å². The fourth-order valence-corrected chi connectivity index (χ4v) is 3.68. The number of pyridine rings is 1. The Morgan fingerprint density at radius 1 is 1.25 bits per heavy atom. The molecule has 6 heteroatoms. The quantitative estimate of drug-likeness (QED) is 0.835. The first kappa shape index (κ1) is 19.9. The second-order valence-electron chi connectivity index (χ2n) is 7.32. The molecule has 0 spiro atoms. The molecule has 0 bridgehead atoms. The summed E-state index contributed by atoms with van der Waals surface area (Å²) in [4.78, 5) is 41.9. The summed E-state index contributed by atoms with van der Waals surface area (Å²) in [5.74, 6) is -0.269. The molecule has 28 heavy (non-hydrogen) atoms. The van der Waals surface area contributed by atoms with E-state index in [1.807, 2.05) is 44.2 Å². The van der Waals surface area contributed by atoms with E-state index in [0.717, 1.165) is 36.1 Å². The molecule has 0 radical (unpaired) electrons. The van der Waals surface area contributed by atoms with Gasteiger partial charge in [0.2, 0.25) is 5.91 Å². The Hall–Kier alpha value is -2.89. The van der Waals surface area contributed by atoms with Gasteiger partial charge in [-0.2, -0.15) is 0 Å². The molecule has 1 atom stereocenters. The fourth-order valence-electron chi connectivity index (χ4n) is 3.68. The van der Waals surface area contributed by atoms with Crippen LogP contribution < -0.4 is 10.9 Å². The molecule has 3 rings (SSSR count). The van der Waals surface area contributed by atoms with E-state index in [0.29, 0.717) is 19.5 Å². The molecule has 148 valence electrons. The number of amides is 2. The summed E-state index contributed by atoms with van der Waals surface area (Å²) in [6, 6.07) is 11.3. The summed E-state index contributed by atoms with van der Waals surface area (Å²) in [6.45, 7) is 4.82. The minimum atomic E-state index is -0.376. The maximum absolute atomic E-state index is 13.1. The van der Waals surface area contributed by atoms with Gasteiger partial charge < -0.3 is 15.2 Å². The highest BCUT2D eigenvalue weighted by atomic mass is 16.2. The fraction of sp³-hybridized carbons (Fsp3) is 0.409. The summed E-state index contributed by atoms with van der Waals surface area (Å²) < 4.78 is 0. The normalized spacial score (nSPS) is 16.6. The smallest absolute Gasteiger partial charge is 0.261 e. The van der Waals surface area contributed by atoms with E-state index < -0.39 is 0 Å². The number of aromatic amines is 1. The van der Waals surface area contributed by atoms with Crippen LogP contribution in [0.4, 0.5) is 0 Å². The third kappa shape index (κ3) is 4.50. The first-order valence-corrected chi connectivity index (χ1v) is 9.87. The van der Waals surface area contributed by atoms with Crippen LogP contribution in [0.25, 0.3) is 11.1 Å². The number of nitrogens with one attached hydrogen (secondary N) is 2. The summed E-state index contributed by atoms with van der Waals surface area (Å²) in [5, 5.41) is 3.00. The highest BCUT2D eigenvalue weighted by Gasteiger charge is 2.27. The van der Waals surface area contributed by atoms with Crippen LogP contribution >= 0.6 is 0 Å². The number of hydrogen-bond acceptors (Lipinski definition) is 3. The van der Waals surface area contributed by atoms with Gasteiger partial charge in [-0.15, -0.1) is 0 Å². The van der Waals surface area contributed by atoms with E-state index in [2.05, 4.69) is 10.3 Å². The number of nitrogens with zero attached hydrogens (tertiary/aromatic N) is 1. The number of hydrogen-bond donors (Lipinski definition) is 2. The number of piperidine rings is 1. The van der Waals surface area contributed by atoms with Gasteiger partial charge in [0.05, 0.1) is 0 Å². The van der Waals surface area contributed by atoms with Gasteiger partial charge in [-0.1, -0.05) is 37.3 Å². The van der Waals surface area contributed by atoms with Crippen LogP contribution in [-0.2, 0) is 4.79 Å². The lowest BCUT2D eigenvalue weighted by molar-refractivity contribution is -0.122. The van der Waals surface area contributed by atoms with Crippen molar-refractivity contribution in [1.82, 2.24) is 15.2 Å². The molecular weight excluding hydrogens is 354 g/mol. The molecule has 1 saturated heterocycles. The maximum atomic E-state index is 13.1. The van der Waals surface area contributed by atoms with Crippen LogP contribution in [0.15, 0.2) is 41.2 Å². The lowest BCUT2D eigenvalue weighted by Crippen LogP contribution is -2.50. The Bertz CT molecular complexity index is 905. The maximum Gasteiger partial charge on any atom is 0.261 e. The van der Waals surface area contributed by atoms with Crippen molar-refractivity contribution in [2.24, 2.45) is 0 Å². The van der Waals surface area contributed by atoms with Crippen molar-refractivity contribution in [3.8, 4) is 11.1 Å². The van der Waals surface area contributed by atoms with Crippen LogP contribution in [0.5, 0.6) is 0 Å². The summed E-state index contributed by atoms with van der Waals surface area (Å²) in [5.41, 5.74) is 2.29. The Labute approximate surface area is 165 Å². The molecular formula is C22H27N3O3. The minimum absolute atomic E-state index is 0.0151. The molecule has 2 aromatic rings. The zero-order valence-corrected chi connectivity index (χ0v) is 16.5. The molecule has 1 aliphatic rings. The van der Waals surface area contributed by atoms with Gasteiger partial charge in [-0.3, -0.25) is 14.4 Å². The molecule has 0 saturated carbocycles. The van der Waals surface area contributed by atoms with Gasteiger partial charge in [-0.25, -0.2) is 0 Å². The summed E-state index contributed by atoms with van der Waals surface area (Å²) >= 11 is 0. The Kier molecular flexibility index (Phi) is 6.29. The average Bonchev–Trinajstić information content (AvgIpc) is 2.68. The molecule has 0 aliphatic carbocycles. The van der Waals surface area contributed by atoms with Gasteiger partial charge in [0, 0.05) is 36.8 Å². The van der Waals surface area contributed by atoms with Crippen molar-refractivity contribution >= 4 is 11.8 Å². The topological polar surface area (TPSA) is 82.3 Å². The first-order valence-electron chi connectivity index (χ1n) is 9.87. The van der Waals surface area contributed by atoms with E-state index in [-0.39, 0.29) is 29.0 Å². The van der Waals surface area contributed by atoms with Crippen LogP contribution in [0, 0.1) is 6.92 Å². The van der Waals surface area contributed by atoms with Crippen molar-refractivity contribution < 1.29 is 9.59 Å². The lowest BCUT2D eigenvalue weighted by atomic mass is 10.0. The van der Waals surface area contributed by atoms with E-state index in [9.17, 15) is 14.4 Å². The molecule has 1 aromatic heterocycles. The van der Waals surface area contributed by atoms with Gasteiger partial charge in [-0.05, 0) is 37.8 Å². The number of carbonyl (C=O) groups excluding carboxylic acids is 2. The van der Waals surface area contributed by atoms with E-state index in [4.69, 9.17) is 0 Å². The van der Waals surface area contributed by atoms with Crippen LogP contribution in [0.2, 0.25) is 0 Å². The monoisotopic (exact) mass is 381 g/mol. The van der Waals surface area contributed by atoms with Crippen LogP contribution in [0.1, 0.15) is 48.7 Å². The number of carbonyl (C=O) groups is 2. The summed E-state index contributed by atoms with van der Waals surface area (Å²) in [7, 11) is 0. The van der Waals surface area contributed by atoms with Gasteiger partial charge in [0.15, 0.2) is 0 Å². The molecule has 1 fully saturated rings. The van der Waals surface area contributed by atoms with Crippen molar-refractivity contribution in [3.05, 3.63) is 58.0 Å². The van der Waals surface area contributed by atoms with E-state index in [1.165, 1.54) is 0 Å². The Morgan fingerprint density at radius 3 is 2.71 bits per heavy atom. The molecule has 1 aromatic carbocycles. The SMILES string of the molecule is CCCC(=O)NC1CCCN(C(=O)c2cc(-c3ccccc3)c(C)[nH]c2=O)C1. The first-order chi connectivity index (χ1) is 13.5. The number of benzene rings is 1. The number of likely N-dealkylation sites (tertiary alicyclic amines) is 1. The highest BCUT2D eigenvalue weighted by molar-refractivity contribution is 5.95. The number of H-pyrrole nitrogens is 1. The van der Waals surface area contributed by atoms with Gasteiger partial charge in [0.1, 0.15) is 5.56 Å². The van der Waals surface area contributed by atoms with Crippen LogP contribution in [0.3, 0.4) is 0 Å². The molecule has 2 N–H and O–H groups in total. The average molecular weight is 381 g/mol. The van der Waals surface area contributed by atoms with Crippen molar-refractivity contribution in [1.29, 1.82) is 0 Å². The summed E-state index contributed by atoms with van der Waals surface area (Å²) in [6.07, 6.45) is 2.93. The molecule has 6 nitrogen and oxygen atoms in total. The zero-order valence-electron chi connectivity index (χ0n) is 16.5. The van der Waals surface area contributed by atoms with Crippen LogP contribution in [-0.4, -0.2) is 40.8 Å². The van der Waals surface area contributed by atoms with Crippen molar-refractivity contribution in [2.75, 3.05) is 13.1 Å². The van der Waals surface area contributed by atoms with Crippen molar-refractivity contribution in [3.63, 3.8) is 0 Å². The Morgan fingerprint density at radius 2 is 2.00 bits per heavy atom. The number of rotatable bonds is 5. The third-order valence-corrected chi connectivity index (χ3v) is 5.10. The zero-order chi connectivity index (χ0) is 20.1. The second kappa shape index (κ2) is 8.87. The highest BCUT2D eigenvalue weighted by Crippen LogP contribution is 2.22. The molecule has 2 amide bonds. The lowest BCUT2D eigenvalue weighted by Gasteiger charge is -2.33. The number of aryl methyl sites for hydroxylation is 1. The molecule has 1 aliphatic heterocycles. The van der Waals surface area contributed by atoms with Crippen molar-refractivity contribution in [2.45, 2.75) is 45.6 Å². The molecule has 2 heterocycles. The minimum Gasteiger partial charge on any atom is -0.352 e. The third-order valence-electron chi connectivity index (χ3n) is 5.10. The van der Waals surface area contributed by atoms with Gasteiger partial charge in [0.25, 0.3) is 11.5 Å². The predicted octanol–water partition coefficient (Wildman–Crippen LogP) is 2.87.